The van der Waals surface area contributed by atoms with E-state index in [-0.39, 0.29) is 24.3 Å². The van der Waals surface area contributed by atoms with Crippen LogP contribution in [0.25, 0.3) is 0 Å². The lowest BCUT2D eigenvalue weighted by Gasteiger charge is -2.33. The lowest BCUT2D eigenvalue weighted by molar-refractivity contribution is -0.141. The van der Waals surface area contributed by atoms with Crippen molar-refractivity contribution in [2.45, 2.75) is 70.5 Å². The molecular weight excluding hydrogens is 459 g/mol. The first-order valence-corrected chi connectivity index (χ1v) is 12.3. The van der Waals surface area contributed by atoms with Gasteiger partial charge in [-0.2, -0.15) is 0 Å². The quantitative estimate of drug-likeness (QED) is 0.482. The Bertz CT molecular complexity index is 960. The summed E-state index contributed by atoms with van der Waals surface area (Å²) in [5.74, 6) is 0.487. The Morgan fingerprint density at radius 3 is 2.48 bits per heavy atom. The first kappa shape index (κ1) is 25.4. The first-order valence-electron chi connectivity index (χ1n) is 11.6. The molecule has 33 heavy (non-hydrogen) atoms. The van der Waals surface area contributed by atoms with Crippen LogP contribution in [-0.4, -0.2) is 35.9 Å². The van der Waals surface area contributed by atoms with Crippen LogP contribution in [0.15, 0.2) is 42.5 Å². The van der Waals surface area contributed by atoms with Gasteiger partial charge in [0, 0.05) is 12.6 Å². The van der Waals surface area contributed by atoms with Crippen molar-refractivity contribution in [3.05, 3.63) is 63.6 Å². The van der Waals surface area contributed by atoms with Crippen molar-refractivity contribution in [1.29, 1.82) is 0 Å². The Morgan fingerprint density at radius 1 is 1.06 bits per heavy atom. The van der Waals surface area contributed by atoms with Crippen molar-refractivity contribution in [3.63, 3.8) is 0 Å². The topological polar surface area (TPSA) is 58.6 Å². The van der Waals surface area contributed by atoms with E-state index in [0.717, 1.165) is 36.8 Å². The van der Waals surface area contributed by atoms with E-state index in [1.807, 2.05) is 31.2 Å². The van der Waals surface area contributed by atoms with Crippen LogP contribution in [0.5, 0.6) is 5.75 Å². The number of carbonyl (C=O) groups excluding carboxylic acids is 2. The summed E-state index contributed by atoms with van der Waals surface area (Å²) in [4.78, 5) is 28.5. The lowest BCUT2D eigenvalue weighted by atomic mass is 9.95. The van der Waals surface area contributed by atoms with Crippen LogP contribution in [-0.2, 0) is 22.6 Å². The summed E-state index contributed by atoms with van der Waals surface area (Å²) < 4.78 is 5.34. The van der Waals surface area contributed by atoms with E-state index in [4.69, 9.17) is 27.9 Å². The van der Waals surface area contributed by atoms with Gasteiger partial charge < -0.3 is 15.0 Å². The number of hydrogen-bond donors (Lipinski definition) is 1. The second-order valence-electron chi connectivity index (χ2n) is 8.57. The van der Waals surface area contributed by atoms with Gasteiger partial charge in [0.2, 0.25) is 11.8 Å². The van der Waals surface area contributed by atoms with Crippen molar-refractivity contribution in [2.75, 3.05) is 7.11 Å². The zero-order chi connectivity index (χ0) is 23.8. The Labute approximate surface area is 206 Å². The van der Waals surface area contributed by atoms with Crippen LogP contribution in [0.3, 0.4) is 0 Å². The molecule has 178 valence electrons. The van der Waals surface area contributed by atoms with Gasteiger partial charge in [0.05, 0.1) is 23.6 Å². The molecular formula is C26H32Cl2N2O3. The predicted octanol–water partition coefficient (Wildman–Crippen LogP) is 5.80. The molecule has 2 amide bonds. The van der Waals surface area contributed by atoms with E-state index >= 15 is 0 Å². The molecule has 0 saturated heterocycles. The van der Waals surface area contributed by atoms with Crippen molar-refractivity contribution in [1.82, 2.24) is 10.2 Å². The maximum Gasteiger partial charge on any atom is 0.243 e. The summed E-state index contributed by atoms with van der Waals surface area (Å²) >= 11 is 12.2. The number of nitrogens with one attached hydrogen (secondary N) is 1. The molecule has 1 atom stereocenters. The minimum absolute atomic E-state index is 0.0882. The minimum atomic E-state index is -0.562. The van der Waals surface area contributed by atoms with Gasteiger partial charge in [0.1, 0.15) is 11.8 Å². The van der Waals surface area contributed by atoms with E-state index < -0.39 is 6.04 Å². The Morgan fingerprint density at radius 2 is 1.82 bits per heavy atom. The molecule has 0 aromatic heterocycles. The fourth-order valence-corrected chi connectivity index (χ4v) is 4.68. The number of rotatable bonds is 9. The summed E-state index contributed by atoms with van der Waals surface area (Å²) in [5.41, 5.74) is 1.66. The molecule has 0 aliphatic heterocycles. The molecule has 2 aromatic rings. The highest BCUT2D eigenvalue weighted by atomic mass is 35.5. The van der Waals surface area contributed by atoms with Crippen LogP contribution in [0.2, 0.25) is 10.0 Å². The number of amides is 2. The molecule has 1 aliphatic rings. The Kier molecular flexibility index (Phi) is 9.45. The summed E-state index contributed by atoms with van der Waals surface area (Å²) in [5, 5.41) is 4.05. The second-order valence-corrected chi connectivity index (χ2v) is 9.38. The molecule has 2 aromatic carbocycles. The van der Waals surface area contributed by atoms with E-state index in [9.17, 15) is 9.59 Å². The molecule has 7 heteroatoms. The van der Waals surface area contributed by atoms with Gasteiger partial charge in [-0.3, -0.25) is 9.59 Å². The van der Waals surface area contributed by atoms with E-state index in [1.165, 1.54) is 6.42 Å². The summed E-state index contributed by atoms with van der Waals surface area (Å²) in [7, 11) is 1.61. The summed E-state index contributed by atoms with van der Waals surface area (Å²) in [6, 6.07) is 12.4. The number of benzene rings is 2. The van der Waals surface area contributed by atoms with Gasteiger partial charge in [-0.25, -0.2) is 0 Å². The van der Waals surface area contributed by atoms with Crippen LogP contribution in [0.1, 0.15) is 56.6 Å². The lowest BCUT2D eigenvalue weighted by Crippen LogP contribution is -2.51. The maximum atomic E-state index is 13.5. The first-order chi connectivity index (χ1) is 15.9. The van der Waals surface area contributed by atoms with Gasteiger partial charge in [0.25, 0.3) is 0 Å². The molecule has 0 radical (unpaired) electrons. The van der Waals surface area contributed by atoms with Crippen molar-refractivity contribution >= 4 is 35.0 Å². The monoisotopic (exact) mass is 490 g/mol. The van der Waals surface area contributed by atoms with Crippen molar-refractivity contribution in [3.8, 4) is 5.75 Å². The highest BCUT2D eigenvalue weighted by molar-refractivity contribution is 6.42. The van der Waals surface area contributed by atoms with E-state index in [0.29, 0.717) is 28.8 Å². The van der Waals surface area contributed by atoms with Crippen molar-refractivity contribution in [2.24, 2.45) is 0 Å². The third-order valence-corrected chi connectivity index (χ3v) is 6.90. The third-order valence-electron chi connectivity index (χ3n) is 6.16. The molecule has 1 fully saturated rings. The third kappa shape index (κ3) is 7.12. The molecule has 1 saturated carbocycles. The zero-order valence-electron chi connectivity index (χ0n) is 19.3. The van der Waals surface area contributed by atoms with Gasteiger partial charge >= 0.3 is 0 Å². The average molecular weight is 491 g/mol. The Hall–Kier alpha value is -2.24. The predicted molar refractivity (Wildman–Crippen MR) is 133 cm³/mol. The summed E-state index contributed by atoms with van der Waals surface area (Å²) in [6.45, 7) is 2.25. The number of nitrogens with zero attached hydrogens (tertiary/aromatic N) is 1. The molecule has 1 N–H and O–H groups in total. The number of hydrogen-bond acceptors (Lipinski definition) is 3. The van der Waals surface area contributed by atoms with Gasteiger partial charge in [-0.05, 0) is 54.7 Å². The molecule has 3 rings (SSSR count). The fraction of sp³-hybridized carbons (Fsp3) is 0.462. The number of ether oxygens (including phenoxy) is 1. The van der Waals surface area contributed by atoms with Gasteiger partial charge in [0.15, 0.2) is 0 Å². The standard InChI is InChI=1S/C26H32Cl2N2O3/c1-3-24(26(32)29-20-9-5-4-6-10-20)30(17-19-8-7-11-21(14-19)33-2)25(31)16-18-12-13-22(27)23(28)15-18/h7-8,11-15,20,24H,3-6,9-10,16-17H2,1-2H3,(H,29,32). The summed E-state index contributed by atoms with van der Waals surface area (Å²) in [6.07, 6.45) is 6.12. The van der Waals surface area contributed by atoms with Gasteiger partial charge in [-0.15, -0.1) is 0 Å². The van der Waals surface area contributed by atoms with Gasteiger partial charge in [-0.1, -0.05) is 67.6 Å². The van der Waals surface area contributed by atoms with Crippen LogP contribution in [0.4, 0.5) is 0 Å². The highest BCUT2D eigenvalue weighted by Gasteiger charge is 2.30. The van der Waals surface area contributed by atoms with Crippen molar-refractivity contribution < 1.29 is 14.3 Å². The minimum Gasteiger partial charge on any atom is -0.497 e. The molecule has 5 nitrogen and oxygen atoms in total. The van der Waals surface area contributed by atoms with Crippen LogP contribution < -0.4 is 10.1 Å². The fourth-order valence-electron chi connectivity index (χ4n) is 4.36. The maximum absolute atomic E-state index is 13.5. The Balaban J connectivity index is 1.83. The molecule has 1 unspecified atom stereocenters. The zero-order valence-corrected chi connectivity index (χ0v) is 20.8. The van der Waals surface area contributed by atoms with E-state index in [2.05, 4.69) is 5.32 Å². The second kappa shape index (κ2) is 12.3. The van der Waals surface area contributed by atoms with Crippen LogP contribution >= 0.6 is 23.2 Å². The molecule has 0 heterocycles. The van der Waals surface area contributed by atoms with Crippen LogP contribution in [0, 0.1) is 0 Å². The number of methoxy groups -OCH3 is 1. The number of halogens is 2. The normalized spacial score (nSPS) is 15.0. The molecule has 1 aliphatic carbocycles. The highest BCUT2D eigenvalue weighted by Crippen LogP contribution is 2.24. The molecule has 0 spiro atoms. The molecule has 0 bridgehead atoms. The number of carbonyl (C=O) groups is 2. The average Bonchev–Trinajstić information content (AvgIpc) is 2.82. The smallest absolute Gasteiger partial charge is 0.243 e. The largest absolute Gasteiger partial charge is 0.497 e. The SMILES string of the molecule is CCC(C(=O)NC1CCCCC1)N(Cc1cccc(OC)c1)C(=O)Cc1ccc(Cl)c(Cl)c1. The van der Waals surface area contributed by atoms with E-state index in [1.54, 1.807) is 30.2 Å².